The number of rotatable bonds is 8. The lowest BCUT2D eigenvalue weighted by atomic mass is 9.90. The van der Waals surface area contributed by atoms with Crippen LogP contribution in [-0.2, 0) is 0 Å². The summed E-state index contributed by atoms with van der Waals surface area (Å²) in [6.45, 7) is 0. The maximum absolute atomic E-state index is 5.24. The number of pyridine rings is 1. The van der Waals surface area contributed by atoms with Gasteiger partial charge in [0.25, 0.3) is 0 Å². The van der Waals surface area contributed by atoms with Gasteiger partial charge in [0, 0.05) is 70.6 Å². The van der Waals surface area contributed by atoms with Gasteiger partial charge in [-0.3, -0.25) is 4.98 Å². The molecule has 0 amide bonds. The highest BCUT2D eigenvalue weighted by atomic mass is 15.0. The van der Waals surface area contributed by atoms with Gasteiger partial charge in [-0.05, 0) is 97.9 Å². The predicted molar refractivity (Wildman–Crippen MR) is 247 cm³/mol. The fourth-order valence-electron chi connectivity index (χ4n) is 7.99. The van der Waals surface area contributed by atoms with Crippen molar-refractivity contribution in [2.24, 2.45) is 0 Å². The maximum atomic E-state index is 5.24. The minimum absolute atomic E-state index is 0.511. The van der Waals surface area contributed by atoms with E-state index >= 15 is 0 Å². The highest BCUT2D eigenvalue weighted by molar-refractivity contribution is 6.14. The van der Waals surface area contributed by atoms with Crippen LogP contribution in [0.25, 0.3) is 112 Å². The highest BCUT2D eigenvalue weighted by Gasteiger charge is 2.18. The first kappa shape index (κ1) is 36.5. The van der Waals surface area contributed by atoms with Crippen molar-refractivity contribution in [3.63, 3.8) is 0 Å². The Hall–Kier alpha value is -8.62. The minimum atomic E-state index is 0.511. The van der Waals surface area contributed by atoms with Gasteiger partial charge in [0.05, 0.1) is 0 Å². The summed E-state index contributed by atoms with van der Waals surface area (Å²) >= 11 is 0. The van der Waals surface area contributed by atoms with Crippen LogP contribution in [0.5, 0.6) is 0 Å². The van der Waals surface area contributed by atoms with Crippen LogP contribution in [0.4, 0.5) is 0 Å². The molecule has 7 aromatic carbocycles. The lowest BCUT2D eigenvalue weighted by Crippen LogP contribution is -2.01. The molecule has 0 spiro atoms. The summed E-state index contributed by atoms with van der Waals surface area (Å²) in [5.74, 6) is 2.88. The van der Waals surface area contributed by atoms with Crippen LogP contribution in [0.2, 0.25) is 0 Å². The summed E-state index contributed by atoms with van der Waals surface area (Å²) in [6, 6.07) is 58.4. The van der Waals surface area contributed by atoms with E-state index in [9.17, 15) is 0 Å². The highest BCUT2D eigenvalue weighted by Crippen LogP contribution is 2.39. The molecule has 290 valence electrons. The zero-order chi connectivity index (χ0) is 41.2. The van der Waals surface area contributed by atoms with Crippen molar-refractivity contribution in [3.05, 3.63) is 207 Å². The number of nitrogens with zero attached hydrogens (tertiary/aromatic N) is 8. The van der Waals surface area contributed by atoms with E-state index < -0.39 is 0 Å². The summed E-state index contributed by atoms with van der Waals surface area (Å²) in [4.78, 5) is 38.3. The molecule has 0 bridgehead atoms. The second-order valence-electron chi connectivity index (χ2n) is 14.9. The Morgan fingerprint density at radius 3 is 1.50 bits per heavy atom. The van der Waals surface area contributed by atoms with E-state index in [1.165, 1.54) is 10.8 Å². The van der Waals surface area contributed by atoms with Gasteiger partial charge in [0.15, 0.2) is 29.1 Å². The fourth-order valence-corrected chi connectivity index (χ4v) is 7.99. The third-order valence-electron chi connectivity index (χ3n) is 11.0. The van der Waals surface area contributed by atoms with Crippen molar-refractivity contribution < 1.29 is 0 Å². The van der Waals surface area contributed by atoms with Crippen molar-refractivity contribution in [2.45, 2.75) is 0 Å². The summed E-state index contributed by atoms with van der Waals surface area (Å²) in [7, 11) is 0. The Bertz CT molecular complexity index is 3400. The summed E-state index contributed by atoms with van der Waals surface area (Å²) < 4.78 is 0. The predicted octanol–water partition coefficient (Wildman–Crippen LogP) is 12.5. The van der Waals surface area contributed by atoms with Gasteiger partial charge in [-0.2, -0.15) is 0 Å². The summed E-state index contributed by atoms with van der Waals surface area (Å²) in [6.07, 6.45) is 10.7. The topological polar surface area (TPSA) is 103 Å². The van der Waals surface area contributed by atoms with E-state index in [0.29, 0.717) is 29.1 Å². The van der Waals surface area contributed by atoms with E-state index in [0.717, 1.165) is 72.0 Å². The van der Waals surface area contributed by atoms with E-state index in [4.69, 9.17) is 15.0 Å². The lowest BCUT2D eigenvalue weighted by molar-refractivity contribution is 1.07. The Morgan fingerprint density at radius 2 is 0.758 bits per heavy atom. The molecule has 0 atom stereocenters. The molecule has 62 heavy (non-hydrogen) atoms. The molecule has 8 nitrogen and oxygen atoms in total. The smallest absolute Gasteiger partial charge is 0.165 e. The molecule has 0 aliphatic carbocycles. The third kappa shape index (κ3) is 7.12. The zero-order valence-corrected chi connectivity index (χ0v) is 33.2. The number of hydrogen-bond donors (Lipinski definition) is 0. The SMILES string of the molecule is c1ccc(-c2cncc(-c3nc(-c4ccc(-c5ncccn5)cc4)nc(-c4cc(-c5cccc(-c6ncccn6)c5)cc(-c5cc6ccccc6c6ccccc56)c4)n3)c2)cc1. The number of hydrogen-bond acceptors (Lipinski definition) is 8. The van der Waals surface area contributed by atoms with Crippen LogP contribution in [0.15, 0.2) is 207 Å². The van der Waals surface area contributed by atoms with Crippen molar-refractivity contribution in [2.75, 3.05) is 0 Å². The van der Waals surface area contributed by atoms with Crippen LogP contribution in [0.1, 0.15) is 0 Å². The number of benzene rings is 7. The van der Waals surface area contributed by atoms with Gasteiger partial charge < -0.3 is 0 Å². The molecule has 0 saturated heterocycles. The van der Waals surface area contributed by atoms with E-state index in [1.807, 2.05) is 73.1 Å². The molecule has 0 fully saturated rings. The number of fused-ring (bicyclic) bond motifs is 3. The molecule has 4 heterocycles. The van der Waals surface area contributed by atoms with E-state index in [-0.39, 0.29) is 0 Å². The number of aromatic nitrogens is 8. The van der Waals surface area contributed by atoms with Crippen molar-refractivity contribution in [1.82, 2.24) is 39.9 Å². The summed E-state index contributed by atoms with van der Waals surface area (Å²) in [5, 5.41) is 4.72. The molecular formula is C54H34N8. The minimum Gasteiger partial charge on any atom is -0.263 e. The molecule has 0 radical (unpaired) electrons. The fraction of sp³-hybridized carbons (Fsp3) is 0. The van der Waals surface area contributed by atoms with Gasteiger partial charge in [-0.25, -0.2) is 34.9 Å². The molecule has 0 aliphatic rings. The Kier molecular flexibility index (Phi) is 9.33. The third-order valence-corrected chi connectivity index (χ3v) is 11.0. The molecule has 0 saturated carbocycles. The molecule has 0 N–H and O–H groups in total. The normalized spacial score (nSPS) is 11.2. The van der Waals surface area contributed by atoms with Gasteiger partial charge in [0.1, 0.15) is 0 Å². The second-order valence-corrected chi connectivity index (χ2v) is 14.9. The van der Waals surface area contributed by atoms with E-state index in [1.54, 1.807) is 24.8 Å². The van der Waals surface area contributed by atoms with Gasteiger partial charge in [0.2, 0.25) is 0 Å². The quantitative estimate of drug-likeness (QED) is 0.140. The first-order valence-corrected chi connectivity index (χ1v) is 20.3. The Balaban J connectivity index is 1.14. The molecule has 11 aromatic rings. The molecular weight excluding hydrogens is 761 g/mol. The van der Waals surface area contributed by atoms with E-state index in [2.05, 4.69) is 134 Å². The monoisotopic (exact) mass is 794 g/mol. The zero-order valence-electron chi connectivity index (χ0n) is 33.2. The Morgan fingerprint density at radius 1 is 0.258 bits per heavy atom. The lowest BCUT2D eigenvalue weighted by Gasteiger charge is -2.15. The molecule has 4 aromatic heterocycles. The van der Waals surface area contributed by atoms with Crippen molar-refractivity contribution in [1.29, 1.82) is 0 Å². The summed E-state index contributed by atoms with van der Waals surface area (Å²) in [5.41, 5.74) is 10.4. The van der Waals surface area contributed by atoms with Gasteiger partial charge in [-0.15, -0.1) is 0 Å². The molecule has 0 aliphatic heterocycles. The van der Waals surface area contributed by atoms with Crippen LogP contribution in [0, 0.1) is 0 Å². The Labute approximate surface area is 357 Å². The molecule has 11 rings (SSSR count). The standard InChI is InChI=1S/C54H34N8/c1-2-11-35(12-3-1)44-31-45(34-55-33-44)54-61-52(37-21-19-36(20-22-37)50-56-23-9-24-57-50)60-53(62-54)43-29-41(38-14-8-15-40(27-38)51-58-25-10-26-59-51)28-42(30-43)49-32-39-13-4-5-16-46(39)47-17-6-7-18-48(47)49/h1-34H. The maximum Gasteiger partial charge on any atom is 0.165 e. The average Bonchev–Trinajstić information content (AvgIpc) is 3.37. The van der Waals surface area contributed by atoms with Crippen LogP contribution in [-0.4, -0.2) is 39.9 Å². The largest absolute Gasteiger partial charge is 0.263 e. The van der Waals surface area contributed by atoms with Crippen LogP contribution >= 0.6 is 0 Å². The van der Waals surface area contributed by atoms with Crippen molar-refractivity contribution >= 4 is 21.5 Å². The van der Waals surface area contributed by atoms with Crippen LogP contribution in [0.3, 0.4) is 0 Å². The van der Waals surface area contributed by atoms with Crippen molar-refractivity contribution in [3.8, 4) is 90.3 Å². The van der Waals surface area contributed by atoms with Gasteiger partial charge in [-0.1, -0.05) is 121 Å². The molecule has 0 unspecified atom stereocenters. The van der Waals surface area contributed by atoms with Crippen LogP contribution < -0.4 is 0 Å². The average molecular weight is 795 g/mol. The first-order chi connectivity index (χ1) is 30.7. The second kappa shape index (κ2) is 15.9. The van der Waals surface area contributed by atoms with Gasteiger partial charge >= 0.3 is 0 Å². The molecule has 8 heteroatoms. The first-order valence-electron chi connectivity index (χ1n) is 20.3.